The summed E-state index contributed by atoms with van der Waals surface area (Å²) in [7, 11) is 1.73. The Bertz CT molecular complexity index is 929. The van der Waals surface area contributed by atoms with Crippen LogP contribution in [0, 0.1) is 13.8 Å². The molecule has 1 atom stereocenters. The van der Waals surface area contributed by atoms with E-state index in [9.17, 15) is 0 Å². The van der Waals surface area contributed by atoms with Gasteiger partial charge in [-0.25, -0.2) is 9.97 Å². The molecule has 3 rings (SSSR count). The van der Waals surface area contributed by atoms with Crippen molar-refractivity contribution >= 4 is 5.82 Å². The molecule has 2 heterocycles. The lowest BCUT2D eigenvalue weighted by atomic mass is 9.98. The highest BCUT2D eigenvalue weighted by Gasteiger charge is 2.21. The Morgan fingerprint density at radius 1 is 1.06 bits per heavy atom. The van der Waals surface area contributed by atoms with Crippen LogP contribution < -0.4 is 10.1 Å². The number of nitrogens with zero attached hydrogens (tertiary/aromatic N) is 3. The Labute approximate surface area is 205 Å². The van der Waals surface area contributed by atoms with Crippen molar-refractivity contribution in [2.24, 2.45) is 0 Å². The molecule has 1 aliphatic heterocycles. The summed E-state index contributed by atoms with van der Waals surface area (Å²) in [4.78, 5) is 12.6. The number of morpholine rings is 1. The molecule has 7 heteroatoms. The summed E-state index contributed by atoms with van der Waals surface area (Å²) in [6.45, 7) is 16.4. The van der Waals surface area contributed by atoms with E-state index in [1.807, 2.05) is 0 Å². The van der Waals surface area contributed by atoms with E-state index in [1.54, 1.807) is 7.11 Å². The largest absolute Gasteiger partial charge is 0.492 e. The number of aryl methyl sites for hydroxylation is 4. The van der Waals surface area contributed by atoms with Crippen molar-refractivity contribution in [3.05, 3.63) is 34.6 Å². The van der Waals surface area contributed by atoms with Crippen LogP contribution in [-0.4, -0.2) is 74.1 Å². The number of nitrogens with one attached hydrogen (secondary N) is 1. The predicted molar refractivity (Wildman–Crippen MR) is 138 cm³/mol. The number of rotatable bonds is 12. The number of hydrogen-bond acceptors (Lipinski definition) is 7. The van der Waals surface area contributed by atoms with E-state index >= 15 is 0 Å². The first-order valence-corrected chi connectivity index (χ1v) is 12.7. The molecule has 1 saturated heterocycles. The number of hydrogen-bond donors (Lipinski definition) is 1. The molecule has 0 saturated carbocycles. The first kappa shape index (κ1) is 26.4. The summed E-state index contributed by atoms with van der Waals surface area (Å²) in [6.07, 6.45) is 2.55. The van der Waals surface area contributed by atoms with Gasteiger partial charge in [0.05, 0.1) is 42.9 Å². The molecule has 1 aliphatic rings. The highest BCUT2D eigenvalue weighted by molar-refractivity contribution is 5.74. The monoisotopic (exact) mass is 470 g/mol. The standard InChI is InChI=1S/C27H42N4O3/c1-7-21(18-32-6)28-27-23(9-3)29-26(22(8-2)30-27)25-20(5)16-19(4)17-24(25)34-15-12-31-10-13-33-14-11-31/h16-17,21H,7-15,18H2,1-6H3,(H,28,30). The molecule has 2 aromatic rings. The van der Waals surface area contributed by atoms with Gasteiger partial charge >= 0.3 is 0 Å². The molecule has 1 aromatic heterocycles. The van der Waals surface area contributed by atoms with Crippen molar-refractivity contribution < 1.29 is 14.2 Å². The van der Waals surface area contributed by atoms with Crippen LogP contribution in [0.15, 0.2) is 12.1 Å². The van der Waals surface area contributed by atoms with E-state index in [1.165, 1.54) is 11.1 Å². The summed E-state index contributed by atoms with van der Waals surface area (Å²) in [5.74, 6) is 1.76. The second kappa shape index (κ2) is 13.0. The Balaban J connectivity index is 1.93. The van der Waals surface area contributed by atoms with E-state index in [0.29, 0.717) is 13.2 Å². The van der Waals surface area contributed by atoms with Gasteiger partial charge in [0.15, 0.2) is 0 Å². The fraction of sp³-hybridized carbons (Fsp3) is 0.630. The van der Waals surface area contributed by atoms with E-state index < -0.39 is 0 Å². The lowest BCUT2D eigenvalue weighted by Crippen LogP contribution is -2.38. The third kappa shape index (κ3) is 6.68. The average molecular weight is 471 g/mol. The van der Waals surface area contributed by atoms with Crippen molar-refractivity contribution in [1.29, 1.82) is 0 Å². The van der Waals surface area contributed by atoms with Crippen molar-refractivity contribution in [3.8, 4) is 17.0 Å². The van der Waals surface area contributed by atoms with Crippen LogP contribution in [0.1, 0.15) is 49.7 Å². The molecular weight excluding hydrogens is 428 g/mol. The quantitative estimate of drug-likeness (QED) is 0.492. The topological polar surface area (TPSA) is 68.7 Å². The van der Waals surface area contributed by atoms with Crippen LogP contribution in [-0.2, 0) is 22.3 Å². The van der Waals surface area contributed by atoms with Crippen molar-refractivity contribution in [1.82, 2.24) is 14.9 Å². The maximum absolute atomic E-state index is 6.39. The molecule has 188 valence electrons. The average Bonchev–Trinajstić information content (AvgIpc) is 2.84. The number of methoxy groups -OCH3 is 1. The zero-order valence-electron chi connectivity index (χ0n) is 21.9. The van der Waals surface area contributed by atoms with Crippen LogP contribution in [0.5, 0.6) is 5.75 Å². The Kier molecular flexibility index (Phi) is 10.1. The number of benzene rings is 1. The summed E-state index contributed by atoms with van der Waals surface area (Å²) in [6, 6.07) is 4.54. The molecule has 34 heavy (non-hydrogen) atoms. The van der Waals surface area contributed by atoms with Crippen LogP contribution in [0.2, 0.25) is 0 Å². The molecule has 0 radical (unpaired) electrons. The SMILES string of the molecule is CCc1nc(-c2c(C)cc(C)cc2OCCN2CCOCC2)c(CC)nc1NC(CC)COC. The van der Waals surface area contributed by atoms with E-state index in [2.05, 4.69) is 57.0 Å². The number of aromatic nitrogens is 2. The molecule has 7 nitrogen and oxygen atoms in total. The van der Waals surface area contributed by atoms with Crippen molar-refractivity contribution in [2.75, 3.05) is 58.5 Å². The lowest BCUT2D eigenvalue weighted by molar-refractivity contribution is 0.0323. The van der Waals surface area contributed by atoms with E-state index in [0.717, 1.165) is 86.3 Å². The molecule has 1 fully saturated rings. The van der Waals surface area contributed by atoms with Gasteiger partial charge in [-0.05, 0) is 50.3 Å². The van der Waals surface area contributed by atoms with Gasteiger partial charge in [0.2, 0.25) is 0 Å². The highest BCUT2D eigenvalue weighted by atomic mass is 16.5. The van der Waals surface area contributed by atoms with Gasteiger partial charge < -0.3 is 19.5 Å². The Hall–Kier alpha value is -2.22. The maximum atomic E-state index is 6.39. The smallest absolute Gasteiger partial charge is 0.148 e. The van der Waals surface area contributed by atoms with Gasteiger partial charge in [-0.15, -0.1) is 0 Å². The Morgan fingerprint density at radius 2 is 1.79 bits per heavy atom. The lowest BCUT2D eigenvalue weighted by Gasteiger charge is -2.26. The van der Waals surface area contributed by atoms with Gasteiger partial charge in [0.25, 0.3) is 0 Å². The minimum Gasteiger partial charge on any atom is -0.492 e. The summed E-state index contributed by atoms with van der Waals surface area (Å²) in [5.41, 5.74) is 6.30. The van der Waals surface area contributed by atoms with Gasteiger partial charge in [-0.1, -0.05) is 26.8 Å². The minimum atomic E-state index is 0.209. The van der Waals surface area contributed by atoms with E-state index in [-0.39, 0.29) is 6.04 Å². The molecule has 0 amide bonds. The zero-order valence-corrected chi connectivity index (χ0v) is 21.9. The second-order valence-electron chi connectivity index (χ2n) is 8.98. The molecule has 1 unspecified atom stereocenters. The molecule has 0 spiro atoms. The maximum Gasteiger partial charge on any atom is 0.148 e. The molecular formula is C27H42N4O3. The van der Waals surface area contributed by atoms with Crippen molar-refractivity contribution in [2.45, 2.75) is 59.9 Å². The van der Waals surface area contributed by atoms with Crippen LogP contribution in [0.4, 0.5) is 5.82 Å². The number of ether oxygens (including phenoxy) is 3. The normalized spacial score (nSPS) is 15.4. The van der Waals surface area contributed by atoms with Gasteiger partial charge in [0, 0.05) is 32.3 Å². The highest BCUT2D eigenvalue weighted by Crippen LogP contribution is 2.36. The summed E-state index contributed by atoms with van der Waals surface area (Å²) in [5, 5.41) is 3.57. The third-order valence-electron chi connectivity index (χ3n) is 6.36. The molecule has 0 aliphatic carbocycles. The van der Waals surface area contributed by atoms with Gasteiger partial charge in [-0.3, -0.25) is 4.90 Å². The minimum absolute atomic E-state index is 0.209. The predicted octanol–water partition coefficient (Wildman–Crippen LogP) is 4.43. The third-order valence-corrected chi connectivity index (χ3v) is 6.36. The number of anilines is 1. The first-order chi connectivity index (χ1) is 16.5. The fourth-order valence-electron chi connectivity index (χ4n) is 4.43. The van der Waals surface area contributed by atoms with Gasteiger partial charge in [-0.2, -0.15) is 0 Å². The summed E-state index contributed by atoms with van der Waals surface area (Å²) < 4.78 is 17.2. The van der Waals surface area contributed by atoms with Gasteiger partial charge in [0.1, 0.15) is 18.2 Å². The first-order valence-electron chi connectivity index (χ1n) is 12.7. The van der Waals surface area contributed by atoms with Crippen LogP contribution in [0.25, 0.3) is 11.3 Å². The van der Waals surface area contributed by atoms with E-state index in [4.69, 9.17) is 24.2 Å². The van der Waals surface area contributed by atoms with Crippen LogP contribution >= 0.6 is 0 Å². The second-order valence-corrected chi connectivity index (χ2v) is 8.98. The molecule has 1 N–H and O–H groups in total. The summed E-state index contributed by atoms with van der Waals surface area (Å²) >= 11 is 0. The van der Waals surface area contributed by atoms with Crippen LogP contribution in [0.3, 0.4) is 0 Å². The zero-order chi connectivity index (χ0) is 24.5. The molecule has 1 aromatic carbocycles. The Morgan fingerprint density at radius 3 is 2.44 bits per heavy atom. The fourth-order valence-corrected chi connectivity index (χ4v) is 4.43. The van der Waals surface area contributed by atoms with Crippen molar-refractivity contribution in [3.63, 3.8) is 0 Å². The molecule has 0 bridgehead atoms.